The summed E-state index contributed by atoms with van der Waals surface area (Å²) >= 11 is 0. The topological polar surface area (TPSA) is 44.1 Å². The van der Waals surface area contributed by atoms with E-state index in [2.05, 4.69) is 0 Å². The average molecular weight is 251 g/mol. The van der Waals surface area contributed by atoms with Gasteiger partial charge in [-0.15, -0.1) is 0 Å². The van der Waals surface area contributed by atoms with Gasteiger partial charge in [-0.05, 0) is 75.0 Å². The molecule has 0 aromatic heterocycles. The maximum atomic E-state index is 9.75. The highest BCUT2D eigenvalue weighted by Crippen LogP contribution is 2.50. The van der Waals surface area contributed by atoms with E-state index >= 15 is 0 Å². The molecule has 2 N–H and O–H groups in total. The molecule has 3 aliphatic rings. The third-order valence-corrected chi connectivity index (χ3v) is 5.36. The van der Waals surface area contributed by atoms with Crippen LogP contribution in [-0.4, -0.2) is 16.9 Å². The summed E-state index contributed by atoms with van der Waals surface area (Å²) in [5.41, 5.74) is 1.04. The van der Waals surface area contributed by atoms with Crippen LogP contribution in [0.1, 0.15) is 65.2 Å². The van der Waals surface area contributed by atoms with Gasteiger partial charge < -0.3 is 10.5 Å². The normalized spacial score (nSPS) is 43.3. The molecule has 0 bridgehead atoms. The molecule has 104 valence electrons. The number of fused-ring (bicyclic) bond motifs is 3. The van der Waals surface area contributed by atoms with Crippen molar-refractivity contribution in [1.82, 2.24) is 0 Å². The predicted octanol–water partition coefficient (Wildman–Crippen LogP) is 4.02. The van der Waals surface area contributed by atoms with E-state index in [1.807, 2.05) is 13.8 Å². The van der Waals surface area contributed by atoms with Gasteiger partial charge in [0.15, 0.2) is 0 Å². The van der Waals surface area contributed by atoms with E-state index in [1.54, 1.807) is 0 Å². The Hall–Kier alpha value is -0.370. The Morgan fingerprint density at radius 1 is 1.00 bits per heavy atom. The summed E-state index contributed by atoms with van der Waals surface area (Å²) in [4.78, 5) is 0. The van der Waals surface area contributed by atoms with Gasteiger partial charge in [0.1, 0.15) is 0 Å². The summed E-state index contributed by atoms with van der Waals surface area (Å²) in [7, 11) is 0. The molecule has 0 radical (unpaired) electrons. The van der Waals surface area contributed by atoms with E-state index in [0.29, 0.717) is 5.92 Å². The van der Waals surface area contributed by atoms with Crippen molar-refractivity contribution in [3.05, 3.63) is 0 Å². The second-order valence-corrected chi connectivity index (χ2v) is 6.16. The van der Waals surface area contributed by atoms with Crippen molar-refractivity contribution in [1.29, 1.82) is 5.41 Å². The first-order valence-corrected chi connectivity index (χ1v) is 8.01. The number of hydrogen-bond donors (Lipinski definition) is 2. The molecular formula is C16H29NO. The molecule has 0 saturated heterocycles. The maximum Gasteiger partial charge on any atom is 0.0543 e. The van der Waals surface area contributed by atoms with Crippen molar-refractivity contribution in [2.24, 2.45) is 23.7 Å². The lowest BCUT2D eigenvalue weighted by Crippen LogP contribution is -2.43. The highest BCUT2D eigenvalue weighted by Gasteiger charge is 2.44. The summed E-state index contributed by atoms with van der Waals surface area (Å²) in [5.74, 6) is 3.02. The van der Waals surface area contributed by atoms with E-state index in [0.717, 1.165) is 42.7 Å². The number of aliphatic hydroxyl groups excluding tert-OH is 1. The molecular weight excluding hydrogens is 222 g/mol. The fraction of sp³-hybridized carbons (Fsp3) is 0.938. The Balaban J connectivity index is 0.000000574. The molecule has 5 atom stereocenters. The van der Waals surface area contributed by atoms with Crippen LogP contribution in [0.15, 0.2) is 0 Å². The van der Waals surface area contributed by atoms with Crippen LogP contribution >= 0.6 is 0 Å². The third kappa shape index (κ3) is 2.64. The standard InChI is InChI=1S/C14H23NO.C2H6/c15-14-3-1-2-12-11-7-5-10(16)8-9(11)4-6-13(12)14;1-2/h9-13,15-16H,1-8H2;1-2H3. The van der Waals surface area contributed by atoms with Crippen molar-refractivity contribution >= 4 is 5.71 Å². The highest BCUT2D eigenvalue weighted by atomic mass is 16.3. The SMILES string of the molecule is CC.N=C1CCCC2C1CCC1CC(O)CCC12. The van der Waals surface area contributed by atoms with E-state index in [4.69, 9.17) is 5.41 Å². The number of hydrogen-bond acceptors (Lipinski definition) is 2. The Morgan fingerprint density at radius 2 is 1.78 bits per heavy atom. The minimum absolute atomic E-state index is 0.0270. The highest BCUT2D eigenvalue weighted by molar-refractivity contribution is 5.84. The van der Waals surface area contributed by atoms with Gasteiger partial charge in [0.05, 0.1) is 6.10 Å². The lowest BCUT2D eigenvalue weighted by atomic mass is 9.57. The minimum Gasteiger partial charge on any atom is -0.393 e. The fourth-order valence-corrected chi connectivity index (χ4v) is 4.63. The molecule has 0 heterocycles. The van der Waals surface area contributed by atoms with Crippen molar-refractivity contribution in [3.8, 4) is 0 Å². The first kappa shape index (κ1) is 14.0. The first-order chi connectivity index (χ1) is 8.75. The van der Waals surface area contributed by atoms with Crippen LogP contribution in [0.4, 0.5) is 0 Å². The summed E-state index contributed by atoms with van der Waals surface area (Å²) in [5, 5.41) is 17.9. The second kappa shape index (κ2) is 6.18. The van der Waals surface area contributed by atoms with Crippen LogP contribution in [0.2, 0.25) is 0 Å². The molecule has 2 heteroatoms. The predicted molar refractivity (Wildman–Crippen MR) is 76.0 cm³/mol. The molecule has 3 saturated carbocycles. The van der Waals surface area contributed by atoms with Crippen LogP contribution in [-0.2, 0) is 0 Å². The largest absolute Gasteiger partial charge is 0.393 e. The molecule has 3 aliphatic carbocycles. The van der Waals surface area contributed by atoms with Gasteiger partial charge in [-0.25, -0.2) is 0 Å². The lowest BCUT2D eigenvalue weighted by molar-refractivity contribution is 0.00402. The first-order valence-electron chi connectivity index (χ1n) is 8.01. The van der Waals surface area contributed by atoms with Crippen LogP contribution in [0.25, 0.3) is 0 Å². The number of nitrogens with one attached hydrogen (secondary N) is 1. The van der Waals surface area contributed by atoms with E-state index in [9.17, 15) is 5.11 Å². The average Bonchev–Trinajstić information content (AvgIpc) is 2.41. The van der Waals surface area contributed by atoms with Gasteiger partial charge in [-0.3, -0.25) is 0 Å². The van der Waals surface area contributed by atoms with Gasteiger partial charge in [0.25, 0.3) is 0 Å². The monoisotopic (exact) mass is 251 g/mol. The Kier molecular flexibility index (Phi) is 4.83. The summed E-state index contributed by atoms with van der Waals surface area (Å²) < 4.78 is 0. The van der Waals surface area contributed by atoms with Crippen molar-refractivity contribution in [2.45, 2.75) is 71.3 Å². The molecule has 0 aromatic carbocycles. The van der Waals surface area contributed by atoms with Crippen molar-refractivity contribution < 1.29 is 5.11 Å². The van der Waals surface area contributed by atoms with Crippen LogP contribution < -0.4 is 0 Å². The molecule has 3 fully saturated rings. The maximum absolute atomic E-state index is 9.75. The number of aliphatic hydroxyl groups is 1. The Bertz CT molecular complexity index is 289. The van der Waals surface area contributed by atoms with Crippen LogP contribution in [0.3, 0.4) is 0 Å². The van der Waals surface area contributed by atoms with Crippen LogP contribution in [0.5, 0.6) is 0 Å². The van der Waals surface area contributed by atoms with E-state index in [-0.39, 0.29) is 6.10 Å². The van der Waals surface area contributed by atoms with Gasteiger partial charge in [0, 0.05) is 5.71 Å². The Labute approximate surface area is 112 Å². The summed E-state index contributed by atoms with van der Waals surface area (Å²) in [6.07, 6.45) is 9.40. The van der Waals surface area contributed by atoms with E-state index < -0.39 is 0 Å². The summed E-state index contributed by atoms with van der Waals surface area (Å²) in [6, 6.07) is 0. The molecule has 0 aliphatic heterocycles. The molecule has 0 aromatic rings. The Morgan fingerprint density at radius 3 is 2.56 bits per heavy atom. The molecule has 0 spiro atoms. The van der Waals surface area contributed by atoms with Gasteiger partial charge in [0.2, 0.25) is 0 Å². The molecule has 3 rings (SSSR count). The fourth-order valence-electron chi connectivity index (χ4n) is 4.63. The quantitative estimate of drug-likeness (QED) is 0.671. The zero-order valence-corrected chi connectivity index (χ0v) is 12.0. The zero-order valence-electron chi connectivity index (χ0n) is 12.0. The third-order valence-electron chi connectivity index (χ3n) is 5.36. The minimum atomic E-state index is -0.0270. The lowest BCUT2D eigenvalue weighted by Gasteiger charge is -2.48. The zero-order chi connectivity index (χ0) is 13.1. The molecule has 0 amide bonds. The second-order valence-electron chi connectivity index (χ2n) is 6.16. The molecule has 2 nitrogen and oxygen atoms in total. The van der Waals surface area contributed by atoms with Gasteiger partial charge in [-0.2, -0.15) is 0 Å². The molecule has 5 unspecified atom stereocenters. The van der Waals surface area contributed by atoms with Gasteiger partial charge in [-0.1, -0.05) is 13.8 Å². The molecule has 18 heavy (non-hydrogen) atoms. The number of rotatable bonds is 0. The smallest absolute Gasteiger partial charge is 0.0543 e. The van der Waals surface area contributed by atoms with E-state index in [1.165, 1.54) is 32.1 Å². The summed E-state index contributed by atoms with van der Waals surface area (Å²) in [6.45, 7) is 4.00. The van der Waals surface area contributed by atoms with Gasteiger partial charge >= 0.3 is 0 Å². The van der Waals surface area contributed by atoms with Crippen LogP contribution in [0, 0.1) is 29.1 Å². The van der Waals surface area contributed by atoms with Crippen molar-refractivity contribution in [2.75, 3.05) is 0 Å². The van der Waals surface area contributed by atoms with Crippen molar-refractivity contribution in [3.63, 3.8) is 0 Å².